The molecule has 3 aromatic rings. The molecule has 1 atom stereocenters. The number of ether oxygens (including phenoxy) is 3. The summed E-state index contributed by atoms with van der Waals surface area (Å²) in [4.78, 5) is 7.01. The summed E-state index contributed by atoms with van der Waals surface area (Å²) in [5.41, 5.74) is 10.1. The van der Waals surface area contributed by atoms with E-state index in [0.717, 1.165) is 11.5 Å². The molecule has 1 aliphatic heterocycles. The van der Waals surface area contributed by atoms with Crippen LogP contribution in [-0.4, -0.2) is 38.6 Å². The van der Waals surface area contributed by atoms with Crippen molar-refractivity contribution in [1.29, 1.82) is 0 Å². The van der Waals surface area contributed by atoms with Crippen molar-refractivity contribution in [3.8, 4) is 17.2 Å². The lowest BCUT2D eigenvalue weighted by molar-refractivity contribution is 0.268. The minimum absolute atomic E-state index is 0.0190. The summed E-state index contributed by atoms with van der Waals surface area (Å²) < 4.78 is 48.9. The van der Waals surface area contributed by atoms with Gasteiger partial charge < -0.3 is 14.2 Å². The molecule has 33 heavy (non-hydrogen) atoms. The maximum absolute atomic E-state index is 13.7. The minimum Gasteiger partial charge on any atom is -0.497 e. The van der Waals surface area contributed by atoms with E-state index >= 15 is 0 Å². The molecule has 0 fully saturated rings. The fraction of sp³-hybridized carbons (Fsp3) is 0.300. The molecule has 1 aliphatic rings. The number of fused-ring (bicyclic) bond motifs is 1. The van der Waals surface area contributed by atoms with Gasteiger partial charge in [-0.2, -0.15) is 4.37 Å². The lowest BCUT2D eigenvalue weighted by Gasteiger charge is -2.25. The highest BCUT2D eigenvalue weighted by Gasteiger charge is 2.31. The molecular formula is C20H20N6O5S2. The van der Waals surface area contributed by atoms with Gasteiger partial charge in [0.05, 0.1) is 38.3 Å². The Morgan fingerprint density at radius 3 is 2.82 bits per heavy atom. The number of nitrogens with zero attached hydrogens (tertiary/aromatic N) is 6. The van der Waals surface area contributed by atoms with Crippen LogP contribution in [0.2, 0.25) is 0 Å². The van der Waals surface area contributed by atoms with Gasteiger partial charge in [-0.05, 0) is 30.2 Å². The second-order valence-corrected chi connectivity index (χ2v) is 9.59. The number of hydrogen-bond acceptors (Lipinski definition) is 9. The molecule has 0 N–H and O–H groups in total. The third-order valence-electron chi connectivity index (χ3n) is 5.14. The van der Waals surface area contributed by atoms with Gasteiger partial charge in [0.1, 0.15) is 23.6 Å². The van der Waals surface area contributed by atoms with Gasteiger partial charge in [-0.1, -0.05) is 11.2 Å². The lowest BCUT2D eigenvalue weighted by Crippen LogP contribution is -2.31. The molecule has 0 saturated heterocycles. The van der Waals surface area contributed by atoms with E-state index in [2.05, 4.69) is 19.4 Å². The van der Waals surface area contributed by atoms with Crippen LogP contribution in [0.15, 0.2) is 52.7 Å². The molecule has 0 unspecified atom stereocenters. The van der Waals surface area contributed by atoms with Crippen LogP contribution < -0.4 is 18.5 Å². The Morgan fingerprint density at radius 2 is 2.12 bits per heavy atom. The summed E-state index contributed by atoms with van der Waals surface area (Å²) in [5, 5.41) is 3.99. The van der Waals surface area contributed by atoms with Crippen molar-refractivity contribution < 1.29 is 22.6 Å². The summed E-state index contributed by atoms with van der Waals surface area (Å²) in [7, 11) is -1.01. The van der Waals surface area contributed by atoms with E-state index in [0.29, 0.717) is 41.4 Å². The zero-order valence-corrected chi connectivity index (χ0v) is 19.4. The second kappa shape index (κ2) is 9.53. The molecule has 13 heteroatoms. The number of benzene rings is 2. The third-order valence-corrected chi connectivity index (χ3v) is 7.68. The van der Waals surface area contributed by atoms with E-state index in [9.17, 15) is 8.42 Å². The average Bonchev–Trinajstić information content (AvgIpc) is 3.37. The predicted molar refractivity (Wildman–Crippen MR) is 121 cm³/mol. The predicted octanol–water partition coefficient (Wildman–Crippen LogP) is 4.08. The first kappa shape index (κ1) is 22.6. The third kappa shape index (κ3) is 4.51. The van der Waals surface area contributed by atoms with Crippen molar-refractivity contribution in [1.82, 2.24) is 9.36 Å². The molecule has 0 radical (unpaired) electrons. The van der Waals surface area contributed by atoms with Crippen LogP contribution in [0.4, 0.5) is 5.13 Å². The fourth-order valence-electron chi connectivity index (χ4n) is 3.49. The highest BCUT2D eigenvalue weighted by molar-refractivity contribution is 7.93. The number of anilines is 1. The van der Waals surface area contributed by atoms with E-state index in [1.807, 2.05) is 0 Å². The maximum Gasteiger partial charge on any atom is 0.266 e. The van der Waals surface area contributed by atoms with Gasteiger partial charge in [0.25, 0.3) is 10.0 Å². The molecule has 0 amide bonds. The van der Waals surface area contributed by atoms with Crippen LogP contribution in [0.1, 0.15) is 23.6 Å². The van der Waals surface area contributed by atoms with Gasteiger partial charge in [-0.3, -0.25) is 0 Å². The molecule has 0 aliphatic carbocycles. The summed E-state index contributed by atoms with van der Waals surface area (Å²) in [6.07, 6.45) is 1.82. The standard InChI is InChI=1S/C20H20N6O5S2/c1-29-14-4-3-13(18(9-14)30-2)11-26(20-22-12-23-32-20)33(27,28)15-5-6-16-17(24-25-21)7-8-31-19(16)10-15/h3-6,9-10,12,17H,7-8,11H2,1-2H3/t17-/m0/s1. The van der Waals surface area contributed by atoms with Crippen molar-refractivity contribution in [2.75, 3.05) is 25.1 Å². The normalized spacial score (nSPS) is 15.0. The van der Waals surface area contributed by atoms with Crippen LogP contribution in [0, 0.1) is 0 Å². The quantitative estimate of drug-likeness (QED) is 0.264. The fourth-order valence-corrected chi connectivity index (χ4v) is 5.64. The zero-order valence-electron chi connectivity index (χ0n) is 17.8. The first-order chi connectivity index (χ1) is 16.0. The zero-order chi connectivity index (χ0) is 23.4. The smallest absolute Gasteiger partial charge is 0.266 e. The maximum atomic E-state index is 13.7. The van der Waals surface area contributed by atoms with Crippen molar-refractivity contribution in [3.63, 3.8) is 0 Å². The van der Waals surface area contributed by atoms with Gasteiger partial charge in [0, 0.05) is 39.7 Å². The Hall–Kier alpha value is -3.54. The number of aromatic nitrogens is 2. The highest BCUT2D eigenvalue weighted by atomic mass is 32.2. The molecule has 0 bridgehead atoms. The second-order valence-electron chi connectivity index (χ2n) is 6.97. The molecule has 4 rings (SSSR count). The number of sulfonamides is 1. The average molecular weight is 489 g/mol. The monoisotopic (exact) mass is 488 g/mol. The number of azide groups is 1. The summed E-state index contributed by atoms with van der Waals surface area (Å²) in [6.45, 7) is 0.285. The topological polar surface area (TPSA) is 140 Å². The van der Waals surface area contributed by atoms with Crippen molar-refractivity contribution in [3.05, 3.63) is 64.3 Å². The minimum atomic E-state index is -4.06. The van der Waals surface area contributed by atoms with Gasteiger partial charge in [-0.15, -0.1) is 0 Å². The van der Waals surface area contributed by atoms with Crippen LogP contribution in [0.25, 0.3) is 10.4 Å². The number of hydrogen-bond donors (Lipinski definition) is 0. The Morgan fingerprint density at radius 1 is 1.27 bits per heavy atom. The Kier molecular flexibility index (Phi) is 6.54. The Bertz CT molecular complexity index is 1290. The molecular weight excluding hydrogens is 468 g/mol. The summed E-state index contributed by atoms with van der Waals surface area (Å²) >= 11 is 0.962. The number of rotatable bonds is 8. The summed E-state index contributed by atoms with van der Waals surface area (Å²) in [6, 6.07) is 9.28. The van der Waals surface area contributed by atoms with Crippen LogP contribution in [0.5, 0.6) is 17.2 Å². The van der Waals surface area contributed by atoms with Gasteiger partial charge in [0.2, 0.25) is 5.13 Å². The van der Waals surface area contributed by atoms with E-state index in [-0.39, 0.29) is 16.6 Å². The van der Waals surface area contributed by atoms with Gasteiger partial charge >= 0.3 is 0 Å². The van der Waals surface area contributed by atoms with Crippen molar-refractivity contribution >= 4 is 26.7 Å². The van der Waals surface area contributed by atoms with E-state index < -0.39 is 16.1 Å². The SMILES string of the molecule is COc1ccc(CN(c2ncns2)S(=O)(=O)c2ccc3c(c2)OCC[C@@H]3N=[N+]=[N-])c(OC)c1. The van der Waals surface area contributed by atoms with E-state index in [4.69, 9.17) is 19.7 Å². The molecule has 2 aromatic carbocycles. The molecule has 1 aromatic heterocycles. The number of methoxy groups -OCH3 is 2. The van der Waals surface area contributed by atoms with Crippen LogP contribution in [0.3, 0.4) is 0 Å². The highest BCUT2D eigenvalue weighted by Crippen LogP contribution is 2.38. The van der Waals surface area contributed by atoms with Crippen molar-refractivity contribution in [2.24, 2.45) is 5.11 Å². The van der Waals surface area contributed by atoms with Crippen molar-refractivity contribution in [2.45, 2.75) is 23.9 Å². The van der Waals surface area contributed by atoms with Crippen LogP contribution >= 0.6 is 11.5 Å². The molecule has 11 nitrogen and oxygen atoms in total. The largest absolute Gasteiger partial charge is 0.497 e. The van der Waals surface area contributed by atoms with E-state index in [1.165, 1.54) is 37.0 Å². The lowest BCUT2D eigenvalue weighted by atomic mass is 10.0. The Balaban J connectivity index is 1.75. The van der Waals surface area contributed by atoms with E-state index in [1.54, 1.807) is 24.3 Å². The molecule has 172 valence electrons. The van der Waals surface area contributed by atoms with Gasteiger partial charge in [0.15, 0.2) is 0 Å². The van der Waals surface area contributed by atoms with Gasteiger partial charge in [-0.25, -0.2) is 17.7 Å². The molecule has 0 spiro atoms. The Labute approximate surface area is 194 Å². The first-order valence-electron chi connectivity index (χ1n) is 9.79. The van der Waals surface area contributed by atoms with Crippen LogP contribution in [-0.2, 0) is 16.6 Å². The molecule has 2 heterocycles. The summed E-state index contributed by atoms with van der Waals surface area (Å²) in [5.74, 6) is 1.44. The first-order valence-corrected chi connectivity index (χ1v) is 12.0. The molecule has 0 saturated carbocycles.